The van der Waals surface area contributed by atoms with E-state index in [4.69, 9.17) is 9.47 Å². The van der Waals surface area contributed by atoms with Gasteiger partial charge in [-0.15, -0.1) is 34.2 Å². The normalized spacial score (nSPS) is 16.0. The van der Waals surface area contributed by atoms with Crippen LogP contribution in [0.5, 0.6) is 11.5 Å². The monoisotopic (exact) mass is 551 g/mol. The van der Waals surface area contributed by atoms with Crippen molar-refractivity contribution < 1.29 is 9.47 Å². The van der Waals surface area contributed by atoms with Crippen LogP contribution in [-0.4, -0.2) is 67.5 Å². The second-order valence-corrected chi connectivity index (χ2v) is 7.44. The van der Waals surface area contributed by atoms with E-state index >= 15 is 0 Å². The van der Waals surface area contributed by atoms with Crippen LogP contribution in [0.15, 0.2) is 47.6 Å². The molecule has 10 heteroatoms. The van der Waals surface area contributed by atoms with Crippen molar-refractivity contribution in [2.24, 2.45) is 4.99 Å². The number of aliphatic imine (C=N–C) groups is 1. The summed E-state index contributed by atoms with van der Waals surface area (Å²) in [6.07, 6.45) is 3.76. The molecule has 1 aliphatic heterocycles. The number of hydrogen-bond donors (Lipinski definition) is 2. The second-order valence-electron chi connectivity index (χ2n) is 7.44. The molecule has 1 aliphatic rings. The highest BCUT2D eigenvalue weighted by Gasteiger charge is 2.24. The maximum atomic E-state index is 5.40. The predicted octanol–water partition coefficient (Wildman–Crippen LogP) is 2.35. The van der Waals surface area contributed by atoms with E-state index < -0.39 is 0 Å². The number of rotatable bonds is 7. The number of nitrogens with zero attached hydrogens (tertiary/aromatic N) is 5. The Hall–Kier alpha value is -2.76. The quantitative estimate of drug-likeness (QED) is 0.265. The predicted molar refractivity (Wildman–Crippen MR) is 137 cm³/mol. The number of pyridine rings is 1. The average Bonchev–Trinajstić information content (AvgIpc) is 3.45. The summed E-state index contributed by atoms with van der Waals surface area (Å²) in [5.74, 6) is 3.31. The molecule has 9 nitrogen and oxygen atoms in total. The molecule has 0 aliphatic carbocycles. The third-order valence-corrected chi connectivity index (χ3v) is 5.48. The third-order valence-electron chi connectivity index (χ3n) is 5.48. The van der Waals surface area contributed by atoms with Gasteiger partial charge in [0, 0.05) is 69.2 Å². The summed E-state index contributed by atoms with van der Waals surface area (Å²) < 4.78 is 12.8. The minimum atomic E-state index is 0. The summed E-state index contributed by atoms with van der Waals surface area (Å²) in [4.78, 5) is 6.71. The first-order valence-corrected chi connectivity index (χ1v) is 10.4. The average molecular weight is 551 g/mol. The lowest BCUT2D eigenvalue weighted by atomic mass is 10.2. The van der Waals surface area contributed by atoms with Gasteiger partial charge in [0.05, 0.1) is 14.2 Å². The number of nitrogens with one attached hydrogen (secondary N) is 2. The minimum Gasteiger partial charge on any atom is -0.497 e. The Morgan fingerprint density at radius 3 is 2.66 bits per heavy atom. The molecule has 1 aromatic carbocycles. The highest BCUT2D eigenvalue weighted by Crippen LogP contribution is 2.30. The van der Waals surface area contributed by atoms with Crippen molar-refractivity contribution in [2.45, 2.75) is 18.9 Å². The van der Waals surface area contributed by atoms with Crippen LogP contribution in [0.1, 0.15) is 12.2 Å². The summed E-state index contributed by atoms with van der Waals surface area (Å²) in [7, 11) is 5.14. The molecule has 1 unspecified atom stereocenters. The molecule has 1 fully saturated rings. The zero-order valence-corrected chi connectivity index (χ0v) is 20.9. The van der Waals surface area contributed by atoms with E-state index in [1.807, 2.05) is 47.0 Å². The maximum absolute atomic E-state index is 5.40. The number of hydrogen-bond acceptors (Lipinski definition) is 6. The molecule has 0 bridgehead atoms. The van der Waals surface area contributed by atoms with Gasteiger partial charge in [0.25, 0.3) is 0 Å². The van der Waals surface area contributed by atoms with E-state index in [1.165, 1.54) is 0 Å². The molecule has 4 rings (SSSR count). The van der Waals surface area contributed by atoms with E-state index in [0.717, 1.165) is 67.1 Å². The Balaban J connectivity index is 0.00000289. The summed E-state index contributed by atoms with van der Waals surface area (Å²) in [5, 5.41) is 15.4. The fourth-order valence-electron chi connectivity index (χ4n) is 3.83. The summed E-state index contributed by atoms with van der Waals surface area (Å²) >= 11 is 0. The number of anilines is 1. The summed E-state index contributed by atoms with van der Waals surface area (Å²) in [6, 6.07) is 12.2. The van der Waals surface area contributed by atoms with Crippen LogP contribution in [-0.2, 0) is 6.42 Å². The Labute approximate surface area is 205 Å². The van der Waals surface area contributed by atoms with Gasteiger partial charge >= 0.3 is 0 Å². The van der Waals surface area contributed by atoms with Crippen molar-refractivity contribution in [3.05, 3.63) is 48.4 Å². The molecule has 0 spiro atoms. The second kappa shape index (κ2) is 11.2. The highest BCUT2D eigenvalue weighted by molar-refractivity contribution is 14.0. The van der Waals surface area contributed by atoms with Crippen molar-refractivity contribution >= 4 is 41.3 Å². The standard InChI is InChI=1S/C22H29N7O2.HI/c1-23-22(24-9-7-21-27-26-20-6-4-5-10-29(20)21)25-16-8-11-28(15-16)17-12-18(30-2)14-19(13-17)31-3;/h4-6,10,12-14,16H,7-9,11,15H2,1-3H3,(H2,23,24,25);1H. The Morgan fingerprint density at radius 1 is 1.16 bits per heavy atom. The Bertz CT molecular complexity index is 1030. The molecule has 32 heavy (non-hydrogen) atoms. The van der Waals surface area contributed by atoms with Crippen molar-refractivity contribution in [1.82, 2.24) is 25.2 Å². The molecule has 0 radical (unpaired) electrons. The first-order valence-electron chi connectivity index (χ1n) is 10.4. The van der Waals surface area contributed by atoms with Gasteiger partial charge in [0.2, 0.25) is 0 Å². The van der Waals surface area contributed by atoms with Gasteiger partial charge < -0.3 is 25.0 Å². The number of aromatic nitrogens is 3. The van der Waals surface area contributed by atoms with Gasteiger partial charge in [0.15, 0.2) is 11.6 Å². The van der Waals surface area contributed by atoms with Crippen LogP contribution < -0.4 is 25.0 Å². The van der Waals surface area contributed by atoms with Crippen LogP contribution in [0.25, 0.3) is 5.65 Å². The molecular formula is C22H30IN7O2. The maximum Gasteiger partial charge on any atom is 0.191 e. The number of ether oxygens (including phenoxy) is 2. The molecule has 0 amide bonds. The zero-order valence-electron chi connectivity index (χ0n) is 18.6. The van der Waals surface area contributed by atoms with Gasteiger partial charge in [-0.05, 0) is 18.6 Å². The summed E-state index contributed by atoms with van der Waals surface area (Å²) in [6.45, 7) is 2.56. The van der Waals surface area contributed by atoms with Crippen LogP contribution in [0.3, 0.4) is 0 Å². The number of guanidine groups is 1. The van der Waals surface area contributed by atoms with Crippen molar-refractivity contribution in [2.75, 3.05) is 45.8 Å². The van der Waals surface area contributed by atoms with Gasteiger partial charge in [-0.1, -0.05) is 6.07 Å². The molecule has 172 valence electrons. The van der Waals surface area contributed by atoms with Gasteiger partial charge in [-0.3, -0.25) is 9.39 Å². The van der Waals surface area contributed by atoms with E-state index in [1.54, 1.807) is 21.3 Å². The van der Waals surface area contributed by atoms with Crippen LogP contribution in [0.4, 0.5) is 5.69 Å². The van der Waals surface area contributed by atoms with Crippen LogP contribution in [0.2, 0.25) is 0 Å². The van der Waals surface area contributed by atoms with Gasteiger partial charge in [-0.2, -0.15) is 0 Å². The number of fused-ring (bicyclic) bond motifs is 1. The molecule has 3 heterocycles. The molecule has 1 atom stereocenters. The lowest BCUT2D eigenvalue weighted by molar-refractivity contribution is 0.394. The van der Waals surface area contributed by atoms with Gasteiger partial charge in [0.1, 0.15) is 17.3 Å². The van der Waals surface area contributed by atoms with Crippen LogP contribution in [0, 0.1) is 0 Å². The summed E-state index contributed by atoms with van der Waals surface area (Å²) in [5.41, 5.74) is 1.96. The van der Waals surface area contributed by atoms with Crippen molar-refractivity contribution in [1.29, 1.82) is 0 Å². The third kappa shape index (κ3) is 5.53. The number of methoxy groups -OCH3 is 2. The smallest absolute Gasteiger partial charge is 0.191 e. The number of benzene rings is 1. The van der Waals surface area contributed by atoms with Gasteiger partial charge in [-0.25, -0.2) is 0 Å². The first-order chi connectivity index (χ1) is 15.2. The fraction of sp³-hybridized carbons (Fsp3) is 0.409. The zero-order chi connectivity index (χ0) is 21.6. The molecule has 3 aromatic rings. The Kier molecular flexibility index (Phi) is 8.37. The van der Waals surface area contributed by atoms with Crippen molar-refractivity contribution in [3.63, 3.8) is 0 Å². The molecule has 0 saturated carbocycles. The minimum absolute atomic E-state index is 0. The molecule has 2 N–H and O–H groups in total. The van der Waals surface area contributed by atoms with E-state index in [0.29, 0.717) is 6.04 Å². The van der Waals surface area contributed by atoms with E-state index in [2.05, 4.69) is 30.7 Å². The SMILES string of the molecule is CN=C(NCCc1nnc2ccccn12)NC1CCN(c2cc(OC)cc(OC)c2)C1.I. The van der Waals surface area contributed by atoms with Crippen LogP contribution >= 0.6 is 24.0 Å². The molecular weight excluding hydrogens is 521 g/mol. The Morgan fingerprint density at radius 2 is 1.94 bits per heavy atom. The molecule has 1 saturated heterocycles. The van der Waals surface area contributed by atoms with Crippen molar-refractivity contribution in [3.8, 4) is 11.5 Å². The lowest BCUT2D eigenvalue weighted by Gasteiger charge is -2.21. The first kappa shape index (κ1) is 23.9. The fourth-order valence-corrected chi connectivity index (χ4v) is 3.83. The topological polar surface area (TPSA) is 88.3 Å². The lowest BCUT2D eigenvalue weighted by Crippen LogP contribution is -2.45. The van der Waals surface area contributed by atoms with E-state index in [-0.39, 0.29) is 24.0 Å². The largest absolute Gasteiger partial charge is 0.497 e. The highest BCUT2D eigenvalue weighted by atomic mass is 127. The number of halogens is 1. The molecule has 2 aromatic heterocycles. The van der Waals surface area contributed by atoms with E-state index in [9.17, 15) is 0 Å².